The van der Waals surface area contributed by atoms with Gasteiger partial charge in [-0.15, -0.1) is 0 Å². The quantitative estimate of drug-likeness (QED) is 0.161. The number of fused-ring (bicyclic) bond motifs is 16. The fourth-order valence-corrected chi connectivity index (χ4v) is 18.3. The van der Waals surface area contributed by atoms with E-state index in [1.165, 1.54) is 144 Å². The van der Waals surface area contributed by atoms with Crippen molar-refractivity contribution in [3.63, 3.8) is 0 Å². The van der Waals surface area contributed by atoms with E-state index in [4.69, 9.17) is 11.0 Å². The highest BCUT2D eigenvalue weighted by Gasteiger charge is 2.60. The standard InChI is InChI=1S/C78H81BN4O/c1-15-59-55(42-47(2)72(3,4)5)75(11)38-20-23-41-78(75,14)83(59)50-45-63-69-64(46-50)81-70-53(68-71(81)51-26-16-18-29-54(51)74(68,9)10)28-24-30-58(70)79(69)57-36-35-49(44-62(57)80(63)61-31-25-33-66-67(61)52-27-17-19-32-65(52)84-66)82-60-37-34-48(73(6,7)8)43-56(60)76(12)39-21-22-40-77(76,82)13/h15-19,24-37,42-46H,1,20-23,38-41H2,2-14H3/b47-42+. The Morgan fingerprint density at radius 1 is 0.583 bits per heavy atom. The van der Waals surface area contributed by atoms with E-state index in [0.717, 1.165) is 46.9 Å². The van der Waals surface area contributed by atoms with Crippen LogP contribution in [0.5, 0.6) is 0 Å². The summed E-state index contributed by atoms with van der Waals surface area (Å²) in [7, 11) is 0. The van der Waals surface area contributed by atoms with E-state index in [1.807, 2.05) is 0 Å². The molecule has 6 heteroatoms. The third-order valence-electron chi connectivity index (χ3n) is 23.5. The second-order valence-electron chi connectivity index (χ2n) is 30.0. The normalized spacial score (nSPS) is 24.6. The third kappa shape index (κ3) is 6.43. The Morgan fingerprint density at radius 2 is 1.25 bits per heavy atom. The van der Waals surface area contributed by atoms with Gasteiger partial charge in [0.25, 0.3) is 6.71 Å². The van der Waals surface area contributed by atoms with E-state index in [1.54, 1.807) is 0 Å². The number of aromatic nitrogens is 1. The van der Waals surface area contributed by atoms with E-state index in [9.17, 15) is 0 Å². The topological polar surface area (TPSA) is 27.8 Å². The van der Waals surface area contributed by atoms with Crippen molar-refractivity contribution in [2.24, 2.45) is 10.8 Å². The highest BCUT2D eigenvalue weighted by atomic mass is 16.3. The molecule has 84 heavy (non-hydrogen) atoms. The van der Waals surface area contributed by atoms with Crippen LogP contribution in [0.4, 0.5) is 34.1 Å². The molecule has 2 saturated carbocycles. The van der Waals surface area contributed by atoms with Gasteiger partial charge in [0.05, 0.1) is 27.8 Å². The van der Waals surface area contributed by atoms with Gasteiger partial charge in [-0.2, -0.15) is 0 Å². The molecule has 7 aromatic carbocycles. The Balaban J connectivity index is 1.05. The maximum absolute atomic E-state index is 6.89. The minimum absolute atomic E-state index is 0.0152. The van der Waals surface area contributed by atoms with Gasteiger partial charge in [0, 0.05) is 77.9 Å². The summed E-state index contributed by atoms with van der Waals surface area (Å²) in [6.45, 7) is 36.5. The van der Waals surface area contributed by atoms with Gasteiger partial charge in [-0.25, -0.2) is 0 Å². The Hall–Kier alpha value is -7.44. The fourth-order valence-electron chi connectivity index (χ4n) is 18.3. The van der Waals surface area contributed by atoms with Crippen molar-refractivity contribution in [2.75, 3.05) is 14.7 Å². The minimum atomic E-state index is -0.238. The van der Waals surface area contributed by atoms with Crippen molar-refractivity contribution in [1.29, 1.82) is 0 Å². The maximum atomic E-state index is 6.89. The summed E-state index contributed by atoms with van der Waals surface area (Å²) in [6, 6.07) is 52.4. The maximum Gasteiger partial charge on any atom is 0.252 e. The van der Waals surface area contributed by atoms with Crippen LogP contribution in [0.1, 0.15) is 164 Å². The van der Waals surface area contributed by atoms with Gasteiger partial charge in [-0.05, 0) is 156 Å². The Labute approximate surface area is 498 Å². The number of rotatable bonds is 5. The molecule has 0 amide bonds. The summed E-state index contributed by atoms with van der Waals surface area (Å²) in [4.78, 5) is 8.30. The van der Waals surface area contributed by atoms with E-state index in [-0.39, 0.29) is 44.9 Å². The van der Waals surface area contributed by atoms with Crippen LogP contribution >= 0.6 is 0 Å². The van der Waals surface area contributed by atoms with Gasteiger partial charge < -0.3 is 23.7 Å². The molecule has 2 fully saturated rings. The number of hydrogen-bond donors (Lipinski definition) is 0. The molecule has 0 saturated heterocycles. The molecule has 9 aromatic rings. The first-order chi connectivity index (χ1) is 40.0. The molecule has 4 unspecified atom stereocenters. The number of hydrogen-bond acceptors (Lipinski definition) is 4. The van der Waals surface area contributed by atoms with Gasteiger partial charge in [0.2, 0.25) is 0 Å². The Bertz CT molecular complexity index is 4470. The van der Waals surface area contributed by atoms with Gasteiger partial charge in [-0.3, -0.25) is 0 Å². The number of para-hydroxylation sites is 2. The van der Waals surface area contributed by atoms with Gasteiger partial charge in [0.15, 0.2) is 0 Å². The number of benzene rings is 7. The molecule has 0 radical (unpaired) electrons. The van der Waals surface area contributed by atoms with E-state index < -0.39 is 0 Å². The van der Waals surface area contributed by atoms with E-state index in [0.29, 0.717) is 0 Å². The van der Waals surface area contributed by atoms with Crippen LogP contribution in [0.3, 0.4) is 0 Å². The SMILES string of the molecule is C=CC1=C(/C=C(\C)C(C)(C)C)C2(C)CCCCC2(C)N1c1cc2c3c(c1)-n1c4c(c5cccc(c51)B3c1ccc(N3c5ccc(C(C)(C)C)cc5C5(C)CCCCC35C)cc1N2c1cccc2oc3ccccc3c12)C(C)(C)c1ccccc1-4. The van der Waals surface area contributed by atoms with Crippen molar-refractivity contribution < 1.29 is 4.42 Å². The summed E-state index contributed by atoms with van der Waals surface area (Å²) >= 11 is 0. The van der Waals surface area contributed by atoms with Crippen LogP contribution in [0.2, 0.25) is 0 Å². The number of furan rings is 1. The lowest BCUT2D eigenvalue weighted by Gasteiger charge is -2.52. The molecule has 0 spiro atoms. The van der Waals surface area contributed by atoms with E-state index >= 15 is 0 Å². The van der Waals surface area contributed by atoms with Crippen LogP contribution in [0, 0.1) is 10.8 Å². The average Bonchev–Trinajstić information content (AvgIpc) is 1.46. The van der Waals surface area contributed by atoms with Gasteiger partial charge in [0.1, 0.15) is 11.2 Å². The van der Waals surface area contributed by atoms with Crippen LogP contribution in [0.25, 0.3) is 49.8 Å². The molecule has 422 valence electrons. The third-order valence-corrected chi connectivity index (χ3v) is 23.5. The Morgan fingerprint density at radius 3 is 2.01 bits per heavy atom. The van der Waals surface area contributed by atoms with Crippen LogP contribution in [-0.2, 0) is 16.2 Å². The Kier molecular flexibility index (Phi) is 10.5. The van der Waals surface area contributed by atoms with Gasteiger partial charge >= 0.3 is 0 Å². The van der Waals surface area contributed by atoms with Crippen molar-refractivity contribution in [1.82, 2.24) is 4.57 Å². The van der Waals surface area contributed by atoms with Crippen molar-refractivity contribution in [3.8, 4) is 16.9 Å². The second-order valence-corrected chi connectivity index (χ2v) is 30.0. The van der Waals surface area contributed by atoms with Crippen molar-refractivity contribution >= 4 is 90.1 Å². The van der Waals surface area contributed by atoms with Crippen molar-refractivity contribution in [2.45, 2.75) is 169 Å². The molecular formula is C78H81BN4O. The lowest BCUT2D eigenvalue weighted by molar-refractivity contribution is 0.153. The van der Waals surface area contributed by atoms with Crippen LogP contribution in [0.15, 0.2) is 173 Å². The number of anilines is 6. The zero-order valence-corrected chi connectivity index (χ0v) is 52.0. The lowest BCUT2D eigenvalue weighted by Crippen LogP contribution is -2.61. The largest absolute Gasteiger partial charge is 0.456 e. The summed E-state index contributed by atoms with van der Waals surface area (Å²) in [6.07, 6.45) is 14.1. The molecule has 4 atom stereocenters. The predicted octanol–water partition coefficient (Wildman–Crippen LogP) is 19.1. The zero-order valence-electron chi connectivity index (χ0n) is 52.0. The molecule has 0 bridgehead atoms. The highest BCUT2D eigenvalue weighted by molar-refractivity contribution is 7.00. The number of nitrogens with zero attached hydrogens (tertiary/aromatic N) is 4. The second kappa shape index (κ2) is 16.9. The summed E-state index contributed by atoms with van der Waals surface area (Å²) in [5.41, 5.74) is 27.6. The van der Waals surface area contributed by atoms with Crippen molar-refractivity contribution in [3.05, 3.63) is 191 Å². The summed E-state index contributed by atoms with van der Waals surface area (Å²) in [5, 5.41) is 3.62. The molecule has 3 aliphatic carbocycles. The zero-order chi connectivity index (χ0) is 58.2. The summed E-state index contributed by atoms with van der Waals surface area (Å²) in [5.74, 6) is 0. The molecule has 4 aliphatic heterocycles. The predicted molar refractivity (Wildman–Crippen MR) is 357 cm³/mol. The van der Waals surface area contributed by atoms with Crippen LogP contribution in [-0.4, -0.2) is 22.4 Å². The highest BCUT2D eigenvalue weighted by Crippen LogP contribution is 2.64. The average molecular weight is 1100 g/mol. The molecular weight excluding hydrogens is 1020 g/mol. The molecule has 16 rings (SSSR count). The first kappa shape index (κ1) is 52.1. The summed E-state index contributed by atoms with van der Waals surface area (Å²) < 4.78 is 9.64. The number of allylic oxidation sites excluding steroid dienone is 3. The molecule has 0 N–H and O–H groups in total. The smallest absolute Gasteiger partial charge is 0.252 e. The molecule has 7 aliphatic rings. The first-order valence-corrected chi connectivity index (χ1v) is 31.7. The minimum Gasteiger partial charge on any atom is -0.456 e. The van der Waals surface area contributed by atoms with Crippen LogP contribution < -0.4 is 31.1 Å². The van der Waals surface area contributed by atoms with E-state index in [2.05, 4.69) is 255 Å². The molecule has 2 aromatic heterocycles. The fraction of sp³-hybridized carbons (Fsp3) is 0.359. The molecule has 5 nitrogen and oxygen atoms in total. The van der Waals surface area contributed by atoms with Gasteiger partial charge in [-0.1, -0.05) is 198 Å². The lowest BCUT2D eigenvalue weighted by atomic mass is 9.33. The monoisotopic (exact) mass is 1100 g/mol. The molecule has 6 heterocycles. The first-order valence-electron chi connectivity index (χ1n) is 31.7.